The zero-order chi connectivity index (χ0) is 11.3. The van der Waals surface area contributed by atoms with Crippen molar-refractivity contribution in [2.75, 3.05) is 0 Å². The van der Waals surface area contributed by atoms with Gasteiger partial charge in [-0.05, 0) is 12.8 Å². The molecule has 3 heteroatoms. The predicted octanol–water partition coefficient (Wildman–Crippen LogP) is 3.33. The molecule has 0 saturated carbocycles. The van der Waals surface area contributed by atoms with Gasteiger partial charge < -0.3 is 5.73 Å². The van der Waals surface area contributed by atoms with Crippen LogP contribution in [0.4, 0.5) is 0 Å². The molecule has 2 nitrogen and oxygen atoms in total. The normalized spacial score (nSPS) is 15.2. The lowest BCUT2D eigenvalue weighted by atomic mass is 10.1. The van der Waals surface area contributed by atoms with E-state index < -0.39 is 0 Å². The minimum absolute atomic E-state index is 0.280. The van der Waals surface area contributed by atoms with E-state index in [4.69, 9.17) is 5.73 Å². The van der Waals surface area contributed by atoms with Gasteiger partial charge >= 0.3 is 0 Å². The first-order valence-electron chi connectivity index (χ1n) is 5.87. The van der Waals surface area contributed by atoms with E-state index in [1.807, 2.05) is 0 Å². The van der Waals surface area contributed by atoms with Crippen LogP contribution in [0.5, 0.6) is 0 Å². The summed E-state index contributed by atoms with van der Waals surface area (Å²) in [5.41, 5.74) is 7.18. The Hall–Kier alpha value is -0.410. The number of rotatable bonds is 6. The number of hydrogen-bond acceptors (Lipinski definition) is 3. The van der Waals surface area contributed by atoms with Gasteiger partial charge in [-0.3, -0.25) is 0 Å². The topological polar surface area (TPSA) is 38.9 Å². The third-order valence-electron chi connectivity index (χ3n) is 2.73. The second kappa shape index (κ2) is 6.23. The molecule has 0 aliphatic rings. The summed E-state index contributed by atoms with van der Waals surface area (Å²) < 4.78 is 0. The summed E-state index contributed by atoms with van der Waals surface area (Å²) in [7, 11) is 0. The second-order valence-corrected chi connectivity index (χ2v) is 5.13. The smallest absolute Gasteiger partial charge is 0.0956 e. The molecular weight excluding hydrogens is 204 g/mol. The Balaban J connectivity index is 2.52. The molecule has 0 amide bonds. The lowest BCUT2D eigenvalue weighted by Gasteiger charge is -2.07. The minimum Gasteiger partial charge on any atom is -0.327 e. The highest BCUT2D eigenvalue weighted by Crippen LogP contribution is 2.23. The van der Waals surface area contributed by atoms with E-state index in [0.29, 0.717) is 5.92 Å². The van der Waals surface area contributed by atoms with Crippen LogP contribution in [0.1, 0.15) is 56.7 Å². The lowest BCUT2D eigenvalue weighted by molar-refractivity contribution is 0.592. The summed E-state index contributed by atoms with van der Waals surface area (Å²) in [4.78, 5) is 4.64. The van der Waals surface area contributed by atoms with E-state index in [1.54, 1.807) is 11.3 Å². The van der Waals surface area contributed by atoms with Crippen LogP contribution in [0.3, 0.4) is 0 Å². The Morgan fingerprint density at radius 2 is 2.20 bits per heavy atom. The van der Waals surface area contributed by atoms with Gasteiger partial charge in [-0.25, -0.2) is 4.98 Å². The van der Waals surface area contributed by atoms with E-state index in [2.05, 4.69) is 31.1 Å². The van der Waals surface area contributed by atoms with E-state index in [9.17, 15) is 0 Å². The molecule has 0 spiro atoms. The van der Waals surface area contributed by atoms with Crippen molar-refractivity contribution in [2.24, 2.45) is 5.73 Å². The predicted molar refractivity (Wildman–Crippen MR) is 67.4 cm³/mol. The third-order valence-corrected chi connectivity index (χ3v) is 3.86. The van der Waals surface area contributed by atoms with Crippen LogP contribution in [0, 0.1) is 0 Å². The van der Waals surface area contributed by atoms with Gasteiger partial charge in [0.15, 0.2) is 0 Å². The van der Waals surface area contributed by atoms with Crippen LogP contribution in [0.2, 0.25) is 0 Å². The molecule has 2 atom stereocenters. The fraction of sp³-hybridized carbons (Fsp3) is 0.750. The van der Waals surface area contributed by atoms with E-state index in [0.717, 1.165) is 25.7 Å². The molecule has 0 aliphatic carbocycles. The average molecular weight is 226 g/mol. The number of thiazole rings is 1. The van der Waals surface area contributed by atoms with Crippen molar-refractivity contribution in [3.05, 3.63) is 16.1 Å². The van der Waals surface area contributed by atoms with Crippen LogP contribution in [-0.4, -0.2) is 11.0 Å². The monoisotopic (exact) mass is 226 g/mol. The Morgan fingerprint density at radius 3 is 2.80 bits per heavy atom. The molecule has 0 aromatic carbocycles. The third kappa shape index (κ3) is 3.92. The average Bonchev–Trinajstić information content (AvgIpc) is 2.65. The summed E-state index contributed by atoms with van der Waals surface area (Å²) in [5.74, 6) is 0.589. The largest absolute Gasteiger partial charge is 0.327 e. The summed E-state index contributed by atoms with van der Waals surface area (Å²) in [6, 6.07) is 0.280. The van der Waals surface area contributed by atoms with Gasteiger partial charge in [0, 0.05) is 23.8 Å². The Morgan fingerprint density at radius 1 is 1.47 bits per heavy atom. The van der Waals surface area contributed by atoms with Crippen molar-refractivity contribution in [1.82, 2.24) is 4.98 Å². The number of nitrogens with zero attached hydrogens (tertiary/aromatic N) is 1. The first kappa shape index (κ1) is 12.7. The second-order valence-electron chi connectivity index (χ2n) is 4.24. The van der Waals surface area contributed by atoms with Crippen molar-refractivity contribution in [2.45, 2.75) is 58.4 Å². The van der Waals surface area contributed by atoms with Gasteiger partial charge in [0.1, 0.15) is 0 Å². The molecule has 0 aliphatic heterocycles. The van der Waals surface area contributed by atoms with Crippen molar-refractivity contribution in [3.63, 3.8) is 0 Å². The van der Waals surface area contributed by atoms with E-state index >= 15 is 0 Å². The highest BCUT2D eigenvalue weighted by Gasteiger charge is 2.10. The highest BCUT2D eigenvalue weighted by molar-refractivity contribution is 7.09. The SMILES string of the molecule is CCCC(N)Cc1csc(C(C)CC)n1. The standard InChI is InChI=1S/C12H22N2S/c1-4-6-10(13)7-11-8-15-12(14-11)9(3)5-2/h8-10H,4-7,13H2,1-3H3. The summed E-state index contributed by atoms with van der Waals surface area (Å²) >= 11 is 1.78. The highest BCUT2D eigenvalue weighted by atomic mass is 32.1. The molecule has 0 saturated heterocycles. The summed E-state index contributed by atoms with van der Waals surface area (Å²) in [6.07, 6.45) is 4.34. The maximum atomic E-state index is 6.00. The molecule has 2 N–H and O–H groups in total. The molecule has 0 fully saturated rings. The summed E-state index contributed by atoms with van der Waals surface area (Å²) in [6.45, 7) is 6.61. The first-order valence-corrected chi connectivity index (χ1v) is 6.75. The molecule has 0 bridgehead atoms. The summed E-state index contributed by atoms with van der Waals surface area (Å²) in [5, 5.41) is 3.42. The molecular formula is C12H22N2S. The fourth-order valence-electron chi connectivity index (χ4n) is 1.56. The van der Waals surface area contributed by atoms with Crippen LogP contribution in [0.25, 0.3) is 0 Å². The van der Waals surface area contributed by atoms with Crippen molar-refractivity contribution in [3.8, 4) is 0 Å². The van der Waals surface area contributed by atoms with Gasteiger partial charge in [0.25, 0.3) is 0 Å². The van der Waals surface area contributed by atoms with Gasteiger partial charge in [0.05, 0.1) is 10.7 Å². The maximum absolute atomic E-state index is 6.00. The zero-order valence-corrected chi connectivity index (χ0v) is 10.8. The number of aromatic nitrogens is 1. The Labute approximate surface area is 96.9 Å². The Kier molecular flexibility index (Phi) is 5.26. The number of hydrogen-bond donors (Lipinski definition) is 1. The van der Waals surface area contributed by atoms with Gasteiger partial charge in [-0.15, -0.1) is 11.3 Å². The minimum atomic E-state index is 0.280. The zero-order valence-electron chi connectivity index (χ0n) is 9.99. The van der Waals surface area contributed by atoms with Crippen LogP contribution >= 0.6 is 11.3 Å². The molecule has 1 heterocycles. The first-order chi connectivity index (χ1) is 7.17. The number of nitrogens with two attached hydrogens (primary N) is 1. The van der Waals surface area contributed by atoms with Crippen LogP contribution < -0.4 is 5.73 Å². The van der Waals surface area contributed by atoms with Gasteiger partial charge in [0.2, 0.25) is 0 Å². The van der Waals surface area contributed by atoms with E-state index in [1.165, 1.54) is 10.7 Å². The molecule has 1 rings (SSSR count). The maximum Gasteiger partial charge on any atom is 0.0956 e. The van der Waals surface area contributed by atoms with Crippen LogP contribution in [-0.2, 0) is 6.42 Å². The molecule has 0 radical (unpaired) electrons. The Bertz CT molecular complexity index is 283. The van der Waals surface area contributed by atoms with E-state index in [-0.39, 0.29) is 6.04 Å². The molecule has 2 unspecified atom stereocenters. The molecule has 86 valence electrons. The molecule has 1 aromatic rings. The van der Waals surface area contributed by atoms with Crippen molar-refractivity contribution < 1.29 is 0 Å². The quantitative estimate of drug-likeness (QED) is 0.808. The molecule has 15 heavy (non-hydrogen) atoms. The van der Waals surface area contributed by atoms with Crippen molar-refractivity contribution in [1.29, 1.82) is 0 Å². The molecule has 1 aromatic heterocycles. The van der Waals surface area contributed by atoms with Gasteiger partial charge in [-0.1, -0.05) is 27.2 Å². The van der Waals surface area contributed by atoms with Crippen LogP contribution in [0.15, 0.2) is 5.38 Å². The fourth-order valence-corrected chi connectivity index (χ4v) is 2.53. The van der Waals surface area contributed by atoms with Crippen molar-refractivity contribution >= 4 is 11.3 Å². The lowest BCUT2D eigenvalue weighted by Crippen LogP contribution is -2.22. The van der Waals surface area contributed by atoms with Gasteiger partial charge in [-0.2, -0.15) is 0 Å².